The predicted molar refractivity (Wildman–Crippen MR) is 109 cm³/mol. The molecule has 0 saturated heterocycles. The molecule has 23 heavy (non-hydrogen) atoms. The van der Waals surface area contributed by atoms with Gasteiger partial charge in [-0.1, -0.05) is 61.2 Å². The van der Waals surface area contributed by atoms with Gasteiger partial charge in [0.2, 0.25) is 0 Å². The number of carbonyl (C=O) groups excluding carboxylic acids is 1. The molecule has 0 saturated carbocycles. The first-order valence-electron chi connectivity index (χ1n) is 7.35. The topological polar surface area (TPSA) is 51.2 Å². The Morgan fingerprint density at radius 2 is 0.913 bits per heavy atom. The van der Waals surface area contributed by atoms with Gasteiger partial charge in [-0.2, -0.15) is 0 Å². The lowest BCUT2D eigenvalue weighted by Gasteiger charge is -2.14. The van der Waals surface area contributed by atoms with E-state index in [1.54, 1.807) is 27.7 Å². The SMILES string of the molecule is C.CC(=O)C(C)(C)C.CC(=S)C(C)(C)C.CC(C)(C)S(C)(=O)=O. The summed E-state index contributed by atoms with van der Waals surface area (Å²) in [4.78, 5) is 11.5. The third kappa shape index (κ3) is 19.7. The minimum atomic E-state index is -2.84. The summed E-state index contributed by atoms with van der Waals surface area (Å²) in [6.45, 7) is 20.7. The smallest absolute Gasteiger partial charge is 0.152 e. The van der Waals surface area contributed by atoms with E-state index in [1.165, 1.54) is 6.26 Å². The van der Waals surface area contributed by atoms with Crippen LogP contribution < -0.4 is 0 Å². The standard InChI is InChI=1S/C6H12O.C6H12S.C5H12O2S.CH4/c2*1-5(7)6(2,3)4;1-5(2,3)8(4,6)7;/h2*1-4H3;1-4H3;1H4. The number of carbonyl (C=O) groups is 1. The number of Topliss-reactive ketones (excluding diaryl/α,β-unsaturated/α-hetero) is 1. The number of hydrogen-bond donors (Lipinski definition) is 0. The molecule has 142 valence electrons. The molecule has 0 atom stereocenters. The first kappa shape index (κ1) is 30.6. The number of rotatable bonds is 0. The van der Waals surface area contributed by atoms with Crippen molar-refractivity contribution in [2.24, 2.45) is 10.8 Å². The Bertz CT molecular complexity index is 430. The van der Waals surface area contributed by atoms with Gasteiger partial charge in [-0.25, -0.2) is 8.42 Å². The normalized spacial score (nSPS) is 11.8. The van der Waals surface area contributed by atoms with Crippen LogP contribution in [-0.2, 0) is 14.6 Å². The van der Waals surface area contributed by atoms with Gasteiger partial charge in [0.25, 0.3) is 0 Å². The van der Waals surface area contributed by atoms with Crippen molar-refractivity contribution in [1.29, 1.82) is 0 Å². The highest BCUT2D eigenvalue weighted by molar-refractivity contribution is 7.92. The summed E-state index contributed by atoms with van der Waals surface area (Å²) >= 11 is 4.93. The number of ketones is 1. The van der Waals surface area contributed by atoms with E-state index in [9.17, 15) is 13.2 Å². The Kier molecular flexibility index (Phi) is 14.0. The summed E-state index contributed by atoms with van der Waals surface area (Å²) in [5, 5.41) is 0. The molecule has 0 aliphatic rings. The Balaban J connectivity index is -0.000000116. The average molecular weight is 369 g/mol. The van der Waals surface area contributed by atoms with E-state index >= 15 is 0 Å². The minimum absolute atomic E-state index is 0. The molecule has 0 spiro atoms. The molecular weight excluding hydrogens is 328 g/mol. The first-order chi connectivity index (χ1) is 9.14. The van der Waals surface area contributed by atoms with Crippen LogP contribution in [0.1, 0.15) is 83.6 Å². The Morgan fingerprint density at radius 1 is 0.783 bits per heavy atom. The fourth-order valence-corrected chi connectivity index (χ4v) is 0. The van der Waals surface area contributed by atoms with Gasteiger partial charge in [0.15, 0.2) is 9.84 Å². The van der Waals surface area contributed by atoms with Crippen molar-refractivity contribution < 1.29 is 13.2 Å². The molecule has 0 rings (SSSR count). The molecule has 0 unspecified atom stereocenters. The second-order valence-electron chi connectivity index (χ2n) is 8.50. The predicted octanol–water partition coefficient (Wildman–Crippen LogP) is 5.51. The molecule has 0 bridgehead atoms. The van der Waals surface area contributed by atoms with Gasteiger partial charge in [-0.05, 0) is 44.9 Å². The fourth-order valence-electron chi connectivity index (χ4n) is 0. The average Bonchev–Trinajstić information content (AvgIpc) is 2.12. The van der Waals surface area contributed by atoms with Crippen LogP contribution in [0.5, 0.6) is 0 Å². The van der Waals surface area contributed by atoms with Gasteiger partial charge >= 0.3 is 0 Å². The summed E-state index contributed by atoms with van der Waals surface area (Å²) in [6.07, 6.45) is 1.24. The van der Waals surface area contributed by atoms with Crippen LogP contribution in [-0.4, -0.2) is 30.1 Å². The maximum atomic E-state index is 10.7. The molecular formula is C18H40O3S2. The van der Waals surface area contributed by atoms with Crippen LogP contribution in [0, 0.1) is 10.8 Å². The maximum Gasteiger partial charge on any atom is 0.152 e. The number of thiocarbonyl (C=S) groups is 1. The van der Waals surface area contributed by atoms with Crippen molar-refractivity contribution in [3.05, 3.63) is 0 Å². The van der Waals surface area contributed by atoms with E-state index in [4.69, 9.17) is 12.2 Å². The quantitative estimate of drug-likeness (QED) is 0.529. The lowest BCUT2D eigenvalue weighted by Crippen LogP contribution is -2.26. The molecule has 0 aliphatic carbocycles. The molecule has 0 heterocycles. The summed E-state index contributed by atoms with van der Waals surface area (Å²) < 4.78 is 20.7. The molecule has 5 heteroatoms. The van der Waals surface area contributed by atoms with Gasteiger partial charge in [0.05, 0.1) is 4.75 Å². The molecule has 0 aromatic heterocycles. The van der Waals surface area contributed by atoms with Gasteiger partial charge in [-0.15, -0.1) is 0 Å². The highest BCUT2D eigenvalue weighted by Crippen LogP contribution is 2.14. The van der Waals surface area contributed by atoms with Gasteiger partial charge < -0.3 is 0 Å². The van der Waals surface area contributed by atoms with Gasteiger partial charge in [0, 0.05) is 11.7 Å². The molecule has 0 fully saturated rings. The zero-order chi connectivity index (χ0) is 19.2. The summed E-state index contributed by atoms with van der Waals surface area (Å²) in [5.41, 5.74) is 0.0926. The second kappa shape index (κ2) is 10.5. The van der Waals surface area contributed by atoms with Crippen molar-refractivity contribution in [2.45, 2.75) is 88.3 Å². The highest BCUT2D eigenvalue weighted by atomic mass is 32.2. The Hall–Kier alpha value is -0.290. The van der Waals surface area contributed by atoms with Crippen LogP contribution >= 0.6 is 12.2 Å². The zero-order valence-electron chi connectivity index (χ0n) is 16.5. The van der Waals surface area contributed by atoms with Crippen LogP contribution in [0.25, 0.3) is 0 Å². The Labute approximate surface area is 151 Å². The van der Waals surface area contributed by atoms with Gasteiger partial charge in [-0.3, -0.25) is 4.79 Å². The van der Waals surface area contributed by atoms with Crippen molar-refractivity contribution in [3.8, 4) is 0 Å². The van der Waals surface area contributed by atoms with Crippen LogP contribution in [0.15, 0.2) is 0 Å². The fraction of sp³-hybridized carbons (Fsp3) is 0.889. The van der Waals surface area contributed by atoms with E-state index in [2.05, 4.69) is 20.8 Å². The molecule has 0 amide bonds. The minimum Gasteiger partial charge on any atom is -0.299 e. The van der Waals surface area contributed by atoms with Gasteiger partial charge in [0.1, 0.15) is 5.78 Å². The summed E-state index contributed by atoms with van der Waals surface area (Å²) in [6, 6.07) is 0. The highest BCUT2D eigenvalue weighted by Gasteiger charge is 2.22. The van der Waals surface area contributed by atoms with E-state index in [-0.39, 0.29) is 24.0 Å². The van der Waals surface area contributed by atoms with Crippen molar-refractivity contribution in [3.63, 3.8) is 0 Å². The third-order valence-electron chi connectivity index (χ3n) is 3.22. The lowest BCUT2D eigenvalue weighted by atomic mass is 9.92. The molecule has 0 aromatic carbocycles. The monoisotopic (exact) mass is 368 g/mol. The Morgan fingerprint density at radius 3 is 0.913 bits per heavy atom. The zero-order valence-corrected chi connectivity index (χ0v) is 18.2. The molecule has 0 aliphatic heterocycles. The van der Waals surface area contributed by atoms with E-state index in [0.717, 1.165) is 4.86 Å². The van der Waals surface area contributed by atoms with Crippen LogP contribution in [0.3, 0.4) is 0 Å². The van der Waals surface area contributed by atoms with Crippen molar-refractivity contribution in [1.82, 2.24) is 0 Å². The van der Waals surface area contributed by atoms with Crippen LogP contribution in [0.4, 0.5) is 0 Å². The summed E-state index contributed by atoms with van der Waals surface area (Å²) in [7, 11) is -2.84. The number of hydrogen-bond acceptors (Lipinski definition) is 4. The lowest BCUT2D eigenvalue weighted by molar-refractivity contribution is -0.124. The third-order valence-corrected chi connectivity index (χ3v) is 6.06. The first-order valence-corrected chi connectivity index (χ1v) is 9.65. The van der Waals surface area contributed by atoms with E-state index in [1.807, 2.05) is 27.7 Å². The van der Waals surface area contributed by atoms with Crippen molar-refractivity contribution in [2.75, 3.05) is 6.26 Å². The summed E-state index contributed by atoms with van der Waals surface area (Å²) in [5.74, 6) is 0.243. The maximum absolute atomic E-state index is 10.7. The molecule has 3 nitrogen and oxygen atoms in total. The van der Waals surface area contributed by atoms with Crippen molar-refractivity contribution >= 4 is 32.7 Å². The largest absolute Gasteiger partial charge is 0.299 e. The molecule has 0 radical (unpaired) electrons. The van der Waals surface area contributed by atoms with E-state index < -0.39 is 14.6 Å². The molecule has 0 N–H and O–H groups in total. The molecule has 0 aromatic rings. The number of sulfone groups is 1. The van der Waals surface area contributed by atoms with E-state index in [0.29, 0.717) is 0 Å². The van der Waals surface area contributed by atoms with Crippen LogP contribution in [0.2, 0.25) is 0 Å². The second-order valence-corrected chi connectivity index (χ2v) is 11.9.